The van der Waals surface area contributed by atoms with E-state index in [1.165, 1.54) is 24.3 Å². The molecule has 0 heterocycles. The molecule has 4 nitrogen and oxygen atoms in total. The summed E-state index contributed by atoms with van der Waals surface area (Å²) in [4.78, 5) is 0.207. The minimum Gasteiger partial charge on any atom is -0.326 e. The van der Waals surface area contributed by atoms with Crippen molar-refractivity contribution in [2.24, 2.45) is 5.73 Å². The zero-order valence-electron chi connectivity index (χ0n) is 11.4. The van der Waals surface area contributed by atoms with E-state index in [0.717, 1.165) is 11.1 Å². The first-order valence-electron chi connectivity index (χ1n) is 6.54. The van der Waals surface area contributed by atoms with Crippen LogP contribution in [0.2, 0.25) is 0 Å². The van der Waals surface area contributed by atoms with Crippen molar-refractivity contribution in [3.63, 3.8) is 0 Å². The number of sulfonamides is 1. The Morgan fingerprint density at radius 1 is 0.952 bits per heavy atom. The zero-order chi connectivity index (χ0) is 15.3. The largest absolute Gasteiger partial charge is 0.326 e. The molecule has 0 aliphatic heterocycles. The molecule has 0 aliphatic carbocycles. The normalized spacial score (nSPS) is 11.5. The van der Waals surface area contributed by atoms with Crippen LogP contribution in [0.25, 0.3) is 0 Å². The average molecular weight is 308 g/mol. The van der Waals surface area contributed by atoms with E-state index >= 15 is 0 Å². The van der Waals surface area contributed by atoms with Crippen molar-refractivity contribution >= 4 is 10.0 Å². The van der Waals surface area contributed by atoms with Crippen molar-refractivity contribution in [2.45, 2.75) is 17.9 Å². The highest BCUT2D eigenvalue weighted by atomic mass is 32.2. The van der Waals surface area contributed by atoms with Crippen molar-refractivity contribution < 1.29 is 12.8 Å². The van der Waals surface area contributed by atoms with Crippen molar-refractivity contribution in [1.29, 1.82) is 0 Å². The van der Waals surface area contributed by atoms with Crippen LogP contribution in [0.15, 0.2) is 53.4 Å². The third-order valence-electron chi connectivity index (χ3n) is 3.09. The Kier molecular flexibility index (Phi) is 5.06. The summed E-state index contributed by atoms with van der Waals surface area (Å²) in [7, 11) is -3.53. The van der Waals surface area contributed by atoms with Gasteiger partial charge < -0.3 is 5.73 Å². The minimum atomic E-state index is -3.53. The van der Waals surface area contributed by atoms with E-state index in [2.05, 4.69) is 4.72 Å². The molecule has 112 valence electrons. The van der Waals surface area contributed by atoms with E-state index in [1.54, 1.807) is 24.3 Å². The number of nitrogens with one attached hydrogen (secondary N) is 1. The van der Waals surface area contributed by atoms with Crippen molar-refractivity contribution in [3.05, 3.63) is 65.5 Å². The van der Waals surface area contributed by atoms with Crippen LogP contribution in [0.4, 0.5) is 4.39 Å². The summed E-state index contributed by atoms with van der Waals surface area (Å²) in [5.74, 6) is -0.306. The molecular formula is C15H17FN2O2S. The quantitative estimate of drug-likeness (QED) is 0.855. The molecule has 0 atom stereocenters. The van der Waals surface area contributed by atoms with Crippen molar-refractivity contribution in [2.75, 3.05) is 6.54 Å². The van der Waals surface area contributed by atoms with Crippen molar-refractivity contribution in [3.8, 4) is 0 Å². The Bertz CT molecular complexity index is 683. The van der Waals surface area contributed by atoms with Crippen molar-refractivity contribution in [1.82, 2.24) is 4.72 Å². The molecule has 0 unspecified atom stereocenters. The van der Waals surface area contributed by atoms with Crippen LogP contribution < -0.4 is 10.5 Å². The Balaban J connectivity index is 1.95. The molecule has 0 radical (unpaired) electrons. The summed E-state index contributed by atoms with van der Waals surface area (Å²) in [5.41, 5.74) is 7.22. The van der Waals surface area contributed by atoms with Gasteiger partial charge >= 0.3 is 0 Å². The maximum atomic E-state index is 12.8. The van der Waals surface area contributed by atoms with E-state index in [4.69, 9.17) is 5.73 Å². The number of nitrogens with two attached hydrogens (primary N) is 1. The predicted molar refractivity (Wildman–Crippen MR) is 79.6 cm³/mol. The molecule has 0 saturated carbocycles. The summed E-state index contributed by atoms with van der Waals surface area (Å²) in [6.45, 7) is 0.630. The molecule has 0 saturated heterocycles. The third-order valence-corrected chi connectivity index (χ3v) is 4.57. The molecule has 0 spiro atoms. The minimum absolute atomic E-state index is 0.207. The second-order valence-electron chi connectivity index (χ2n) is 4.62. The molecule has 0 bridgehead atoms. The first kappa shape index (κ1) is 15.6. The maximum Gasteiger partial charge on any atom is 0.240 e. The number of halogens is 1. The van der Waals surface area contributed by atoms with Crippen LogP contribution >= 0.6 is 0 Å². The van der Waals surface area contributed by atoms with Crippen LogP contribution in [-0.4, -0.2) is 15.0 Å². The molecule has 0 amide bonds. The van der Waals surface area contributed by atoms with Gasteiger partial charge in [-0.25, -0.2) is 17.5 Å². The maximum absolute atomic E-state index is 12.8. The van der Waals surface area contributed by atoms with Gasteiger partial charge in [0.15, 0.2) is 0 Å². The van der Waals surface area contributed by atoms with Gasteiger partial charge in [0, 0.05) is 13.1 Å². The van der Waals surface area contributed by atoms with Gasteiger partial charge in [0.25, 0.3) is 0 Å². The molecule has 3 N–H and O–H groups in total. The van der Waals surface area contributed by atoms with Gasteiger partial charge in [0.1, 0.15) is 5.82 Å². The Morgan fingerprint density at radius 3 is 2.10 bits per heavy atom. The fourth-order valence-corrected chi connectivity index (χ4v) is 2.90. The molecule has 6 heteroatoms. The lowest BCUT2D eigenvalue weighted by molar-refractivity contribution is 0.581. The first-order valence-corrected chi connectivity index (χ1v) is 8.03. The standard InChI is InChI=1S/C15H17FN2O2S/c16-14-5-1-12(2-6-14)9-10-18-21(19,20)15-7-3-13(11-17)4-8-15/h1-8,18H,9-11,17H2. The first-order chi connectivity index (χ1) is 10.0. The number of hydrogen-bond donors (Lipinski definition) is 2. The summed E-state index contributed by atoms with van der Waals surface area (Å²) in [5, 5.41) is 0. The van der Waals surface area contributed by atoms with Crippen LogP contribution in [0.5, 0.6) is 0 Å². The van der Waals surface area contributed by atoms with E-state index in [9.17, 15) is 12.8 Å². The van der Waals surface area contributed by atoms with E-state index < -0.39 is 10.0 Å². The Hall–Kier alpha value is -1.76. The fraction of sp³-hybridized carbons (Fsp3) is 0.200. The lowest BCUT2D eigenvalue weighted by atomic mass is 10.1. The van der Waals surface area contributed by atoms with Crippen LogP contribution in [-0.2, 0) is 23.0 Å². The highest BCUT2D eigenvalue weighted by molar-refractivity contribution is 7.89. The van der Waals surface area contributed by atoms with Gasteiger partial charge in [-0.1, -0.05) is 24.3 Å². The Labute approximate surface area is 123 Å². The SMILES string of the molecule is NCc1ccc(S(=O)(=O)NCCc2ccc(F)cc2)cc1. The van der Waals surface area contributed by atoms with Crippen LogP contribution in [0.1, 0.15) is 11.1 Å². The Morgan fingerprint density at radius 2 is 1.52 bits per heavy atom. The molecule has 2 rings (SSSR count). The number of hydrogen-bond acceptors (Lipinski definition) is 3. The average Bonchev–Trinajstić information content (AvgIpc) is 2.49. The predicted octanol–water partition coefficient (Wildman–Crippen LogP) is 1.81. The summed E-state index contributed by atoms with van der Waals surface area (Å²) >= 11 is 0. The molecular weight excluding hydrogens is 291 g/mol. The van der Waals surface area contributed by atoms with Gasteiger partial charge in [-0.2, -0.15) is 0 Å². The van der Waals surface area contributed by atoms with E-state index in [-0.39, 0.29) is 17.3 Å². The second kappa shape index (κ2) is 6.80. The number of rotatable bonds is 6. The monoisotopic (exact) mass is 308 g/mol. The topological polar surface area (TPSA) is 72.2 Å². The van der Waals surface area contributed by atoms with Gasteiger partial charge in [0.05, 0.1) is 4.90 Å². The van der Waals surface area contributed by atoms with Gasteiger partial charge in [-0.3, -0.25) is 0 Å². The highest BCUT2D eigenvalue weighted by Crippen LogP contribution is 2.10. The fourth-order valence-electron chi connectivity index (χ4n) is 1.87. The molecule has 0 fully saturated rings. The zero-order valence-corrected chi connectivity index (χ0v) is 12.2. The van der Waals surface area contributed by atoms with Crippen LogP contribution in [0.3, 0.4) is 0 Å². The van der Waals surface area contributed by atoms with Gasteiger partial charge in [-0.05, 0) is 41.8 Å². The molecule has 0 aromatic heterocycles. The van der Waals surface area contributed by atoms with E-state index in [0.29, 0.717) is 13.0 Å². The summed E-state index contributed by atoms with van der Waals surface area (Å²) in [6, 6.07) is 12.4. The molecule has 0 aliphatic rings. The second-order valence-corrected chi connectivity index (χ2v) is 6.39. The van der Waals surface area contributed by atoms with E-state index in [1.807, 2.05) is 0 Å². The number of benzene rings is 2. The lowest BCUT2D eigenvalue weighted by Gasteiger charge is -2.07. The highest BCUT2D eigenvalue weighted by Gasteiger charge is 2.12. The molecule has 21 heavy (non-hydrogen) atoms. The third kappa shape index (κ3) is 4.35. The summed E-state index contributed by atoms with van der Waals surface area (Å²) < 4.78 is 39.4. The molecule has 2 aromatic carbocycles. The van der Waals surface area contributed by atoms with Gasteiger partial charge in [-0.15, -0.1) is 0 Å². The lowest BCUT2D eigenvalue weighted by Crippen LogP contribution is -2.26. The van der Waals surface area contributed by atoms with Crippen LogP contribution in [0, 0.1) is 5.82 Å². The smallest absolute Gasteiger partial charge is 0.240 e. The summed E-state index contributed by atoms with van der Waals surface area (Å²) in [6.07, 6.45) is 0.500. The molecule has 2 aromatic rings. The van der Waals surface area contributed by atoms with Gasteiger partial charge in [0.2, 0.25) is 10.0 Å².